The van der Waals surface area contributed by atoms with Crippen molar-refractivity contribution in [3.63, 3.8) is 0 Å². The lowest BCUT2D eigenvalue weighted by molar-refractivity contribution is -0.137. The van der Waals surface area contributed by atoms with Crippen molar-refractivity contribution in [3.8, 4) is 6.07 Å². The van der Waals surface area contributed by atoms with Crippen molar-refractivity contribution >= 4 is 34.3 Å². The number of nitrogens with one attached hydrogen (secondary N) is 3. The fourth-order valence-electron chi connectivity index (χ4n) is 4.44. The zero-order chi connectivity index (χ0) is 27.9. The number of nitrogens with zero attached hydrogens (tertiary/aromatic N) is 4. The Morgan fingerprint density at radius 1 is 1.21 bits per heavy atom. The summed E-state index contributed by atoms with van der Waals surface area (Å²) in [5.41, 5.74) is 0.679. The Morgan fingerprint density at radius 2 is 1.95 bits per heavy atom. The Hall–Kier alpha value is -5.12. The number of aromatic nitrogens is 4. The number of hydrogen-bond acceptors (Lipinski definition) is 7. The molecule has 1 atom stereocenters. The number of benzene rings is 2. The van der Waals surface area contributed by atoms with E-state index in [1.807, 2.05) is 6.07 Å². The van der Waals surface area contributed by atoms with Crippen LogP contribution in [0.15, 0.2) is 59.9 Å². The van der Waals surface area contributed by atoms with Gasteiger partial charge in [-0.05, 0) is 49.7 Å². The lowest BCUT2D eigenvalue weighted by atomic mass is 9.93. The highest BCUT2D eigenvalue weighted by Gasteiger charge is 2.38. The van der Waals surface area contributed by atoms with Gasteiger partial charge in [-0.3, -0.25) is 9.89 Å². The number of aromatic amines is 1. The monoisotopic (exact) mass is 535 g/mol. The first-order chi connectivity index (χ1) is 18.6. The molecule has 13 heteroatoms. The molecule has 0 bridgehead atoms. The summed E-state index contributed by atoms with van der Waals surface area (Å²) in [6.07, 6.45) is -2.97. The quantitative estimate of drug-likeness (QED) is 0.314. The average molecular weight is 535 g/mol. The van der Waals surface area contributed by atoms with E-state index in [4.69, 9.17) is 4.74 Å². The number of rotatable bonds is 5. The molecule has 3 N–H and O–H groups in total. The average Bonchev–Trinajstić information content (AvgIpc) is 3.51. The standard InChI is InChI=1S/C26H20F3N7O3/c1-3-39-25(38)21-18(11-30)23-32-13(2)20(24(37)33-17-8-9-19-15(10-17)12-31-34-19)22(36(23)35-21)14-4-6-16(7-5-14)26(27,28)29/h4-10,12,22,32H,3H2,1-2H3,(H,31,34)(H,33,37). The lowest BCUT2D eigenvalue weighted by Crippen LogP contribution is -2.31. The maximum atomic E-state index is 13.7. The van der Waals surface area contributed by atoms with Crippen LogP contribution in [-0.4, -0.2) is 38.5 Å². The van der Waals surface area contributed by atoms with Crippen LogP contribution >= 0.6 is 0 Å². The summed E-state index contributed by atoms with van der Waals surface area (Å²) in [5, 5.41) is 27.4. The van der Waals surface area contributed by atoms with Crippen molar-refractivity contribution in [2.24, 2.45) is 0 Å². The second-order valence-electron chi connectivity index (χ2n) is 8.66. The molecule has 1 aliphatic rings. The second-order valence-corrected chi connectivity index (χ2v) is 8.66. The second kappa shape index (κ2) is 9.64. The smallest absolute Gasteiger partial charge is 0.416 e. The van der Waals surface area contributed by atoms with Gasteiger partial charge in [0, 0.05) is 16.8 Å². The molecule has 4 aromatic rings. The molecule has 0 aliphatic carbocycles. The molecule has 0 fully saturated rings. The van der Waals surface area contributed by atoms with E-state index in [0.29, 0.717) is 11.4 Å². The zero-order valence-corrected chi connectivity index (χ0v) is 20.6. The summed E-state index contributed by atoms with van der Waals surface area (Å²) in [6.45, 7) is 3.22. The molecule has 0 spiro atoms. The minimum Gasteiger partial charge on any atom is -0.461 e. The molecular weight excluding hydrogens is 515 g/mol. The first-order valence-electron chi connectivity index (χ1n) is 11.7. The van der Waals surface area contributed by atoms with Gasteiger partial charge in [0.05, 0.1) is 29.5 Å². The number of H-pyrrole nitrogens is 1. The number of nitriles is 1. The predicted octanol–water partition coefficient (Wildman–Crippen LogP) is 4.75. The fourth-order valence-corrected chi connectivity index (χ4v) is 4.44. The third-order valence-corrected chi connectivity index (χ3v) is 6.22. The number of ether oxygens (including phenoxy) is 1. The number of esters is 1. The summed E-state index contributed by atoms with van der Waals surface area (Å²) in [4.78, 5) is 26.2. The van der Waals surface area contributed by atoms with E-state index in [-0.39, 0.29) is 34.8 Å². The zero-order valence-electron chi connectivity index (χ0n) is 20.6. The first-order valence-corrected chi connectivity index (χ1v) is 11.7. The van der Waals surface area contributed by atoms with Gasteiger partial charge < -0.3 is 15.4 Å². The van der Waals surface area contributed by atoms with Crippen molar-refractivity contribution in [2.45, 2.75) is 26.1 Å². The number of carbonyl (C=O) groups excluding carboxylic acids is 2. The SMILES string of the molecule is CCOC(=O)c1nn2c(c1C#N)NC(C)=C(C(=O)Nc1ccc3[nH]ncc3c1)C2c1ccc(C(F)(F)F)cc1. The molecule has 1 amide bonds. The Morgan fingerprint density at radius 3 is 2.62 bits per heavy atom. The molecule has 3 heterocycles. The van der Waals surface area contributed by atoms with E-state index in [0.717, 1.165) is 23.0 Å². The maximum Gasteiger partial charge on any atom is 0.416 e. The van der Waals surface area contributed by atoms with Crippen LogP contribution in [0.25, 0.3) is 10.9 Å². The number of fused-ring (bicyclic) bond motifs is 2. The third kappa shape index (κ3) is 4.56. The number of alkyl halides is 3. The van der Waals surface area contributed by atoms with E-state index in [2.05, 4.69) is 25.9 Å². The van der Waals surface area contributed by atoms with Crippen molar-refractivity contribution in [2.75, 3.05) is 17.2 Å². The number of halogens is 3. The minimum absolute atomic E-state index is 0.0353. The lowest BCUT2D eigenvalue weighted by Gasteiger charge is -2.30. The van der Waals surface area contributed by atoms with Crippen LogP contribution in [0.3, 0.4) is 0 Å². The summed E-state index contributed by atoms with van der Waals surface area (Å²) in [6, 6.07) is 10.2. The fraction of sp³-hybridized carbons (Fsp3) is 0.192. The Labute approximate surface area is 219 Å². The molecule has 0 saturated carbocycles. The Kier molecular flexibility index (Phi) is 6.31. The summed E-state index contributed by atoms with van der Waals surface area (Å²) in [5.74, 6) is -1.30. The number of anilines is 2. The predicted molar refractivity (Wildman–Crippen MR) is 134 cm³/mol. The van der Waals surface area contributed by atoms with Crippen LogP contribution in [0.4, 0.5) is 24.7 Å². The van der Waals surface area contributed by atoms with Gasteiger partial charge in [0.2, 0.25) is 0 Å². The summed E-state index contributed by atoms with van der Waals surface area (Å²) in [7, 11) is 0. The van der Waals surface area contributed by atoms with Crippen LogP contribution < -0.4 is 10.6 Å². The maximum absolute atomic E-state index is 13.7. The molecule has 2 aromatic carbocycles. The summed E-state index contributed by atoms with van der Waals surface area (Å²) < 4.78 is 46.1. The third-order valence-electron chi connectivity index (χ3n) is 6.22. The van der Waals surface area contributed by atoms with Crippen LogP contribution in [-0.2, 0) is 15.7 Å². The van der Waals surface area contributed by atoms with Crippen LogP contribution in [0.2, 0.25) is 0 Å². The van der Waals surface area contributed by atoms with E-state index >= 15 is 0 Å². The molecule has 1 unspecified atom stereocenters. The Balaban J connectivity index is 1.62. The van der Waals surface area contributed by atoms with Gasteiger partial charge in [0.25, 0.3) is 5.91 Å². The Bertz CT molecular complexity index is 1680. The van der Waals surface area contributed by atoms with E-state index in [1.165, 1.54) is 16.8 Å². The van der Waals surface area contributed by atoms with Gasteiger partial charge in [-0.1, -0.05) is 12.1 Å². The van der Waals surface area contributed by atoms with Crippen molar-refractivity contribution in [3.05, 3.63) is 82.3 Å². The molecule has 1 aliphatic heterocycles. The molecule has 39 heavy (non-hydrogen) atoms. The highest BCUT2D eigenvalue weighted by atomic mass is 19.4. The van der Waals surface area contributed by atoms with Crippen molar-refractivity contribution in [1.29, 1.82) is 5.26 Å². The molecule has 10 nitrogen and oxygen atoms in total. The molecule has 0 radical (unpaired) electrons. The molecule has 198 valence electrons. The van der Waals surface area contributed by atoms with Gasteiger partial charge in [-0.15, -0.1) is 0 Å². The summed E-state index contributed by atoms with van der Waals surface area (Å²) >= 11 is 0. The van der Waals surface area contributed by atoms with E-state index in [9.17, 15) is 28.0 Å². The number of hydrogen-bond donors (Lipinski definition) is 3. The van der Waals surface area contributed by atoms with E-state index < -0.39 is 29.7 Å². The van der Waals surface area contributed by atoms with Gasteiger partial charge >= 0.3 is 12.1 Å². The van der Waals surface area contributed by atoms with Crippen molar-refractivity contribution in [1.82, 2.24) is 20.0 Å². The van der Waals surface area contributed by atoms with Crippen LogP contribution in [0, 0.1) is 11.3 Å². The molecule has 0 saturated heterocycles. The normalized spacial score (nSPS) is 14.9. The van der Waals surface area contributed by atoms with Crippen molar-refractivity contribution < 1.29 is 27.5 Å². The first kappa shape index (κ1) is 25.5. The molecular formula is C26H20F3N7O3. The van der Waals surface area contributed by atoms with Gasteiger partial charge in [-0.25, -0.2) is 9.48 Å². The largest absolute Gasteiger partial charge is 0.461 e. The molecule has 5 rings (SSSR count). The minimum atomic E-state index is -4.56. The highest BCUT2D eigenvalue weighted by molar-refractivity contribution is 6.07. The highest BCUT2D eigenvalue weighted by Crippen LogP contribution is 2.40. The van der Waals surface area contributed by atoms with Gasteiger partial charge in [-0.2, -0.15) is 28.6 Å². The number of carbonyl (C=O) groups is 2. The topological polar surface area (TPSA) is 138 Å². The molecule has 2 aromatic heterocycles. The number of allylic oxidation sites excluding steroid dienone is 1. The number of amides is 1. The van der Waals surface area contributed by atoms with E-state index in [1.54, 1.807) is 38.2 Å². The van der Waals surface area contributed by atoms with Crippen LogP contribution in [0.1, 0.15) is 47.1 Å². The van der Waals surface area contributed by atoms with Gasteiger partial charge in [0.1, 0.15) is 23.5 Å². The van der Waals surface area contributed by atoms with Crippen LogP contribution in [0.5, 0.6) is 0 Å². The van der Waals surface area contributed by atoms with Gasteiger partial charge in [0.15, 0.2) is 5.69 Å².